The van der Waals surface area contributed by atoms with E-state index in [-0.39, 0.29) is 19.1 Å². The first-order chi connectivity index (χ1) is 16.8. The average molecular weight is 484 g/mol. The third-order valence-corrected chi connectivity index (χ3v) is 7.04. The molecule has 2 aromatic rings. The van der Waals surface area contributed by atoms with E-state index < -0.39 is 23.7 Å². The van der Waals surface area contributed by atoms with Crippen LogP contribution in [0.5, 0.6) is 0 Å². The molecule has 1 fully saturated rings. The molecule has 1 saturated carbocycles. The highest BCUT2D eigenvalue weighted by Crippen LogP contribution is 2.34. The molecule has 1 aromatic heterocycles. The second kappa shape index (κ2) is 11.2. The van der Waals surface area contributed by atoms with Gasteiger partial charge in [0.25, 0.3) is 5.91 Å². The number of anilines is 1. The van der Waals surface area contributed by atoms with Crippen LogP contribution in [0.4, 0.5) is 10.2 Å². The zero-order valence-electron chi connectivity index (χ0n) is 20.4. The van der Waals surface area contributed by atoms with E-state index in [1.807, 2.05) is 0 Å². The summed E-state index contributed by atoms with van der Waals surface area (Å²) >= 11 is 0. The summed E-state index contributed by atoms with van der Waals surface area (Å²) in [6.45, 7) is 4.52. The molecule has 8 heteroatoms. The van der Waals surface area contributed by atoms with Gasteiger partial charge < -0.3 is 20.5 Å². The molecule has 3 N–H and O–H groups in total. The molecule has 1 aromatic carbocycles. The number of amides is 1. The van der Waals surface area contributed by atoms with E-state index in [1.54, 1.807) is 13.8 Å². The largest absolute Gasteiger partial charge is 0.480 e. The van der Waals surface area contributed by atoms with Crippen LogP contribution in [0.3, 0.4) is 0 Å². The van der Waals surface area contributed by atoms with Crippen LogP contribution in [0.1, 0.15) is 64.8 Å². The van der Waals surface area contributed by atoms with Gasteiger partial charge in [0.2, 0.25) is 0 Å². The number of carboxylic acid groups (broad SMARTS) is 1. The van der Waals surface area contributed by atoms with Gasteiger partial charge in [-0.2, -0.15) is 0 Å². The number of carbonyl (C=O) groups excluding carboxylic acids is 1. The Labute approximate surface area is 205 Å². The maximum Gasteiger partial charge on any atom is 0.326 e. The second-order valence-electron chi connectivity index (χ2n) is 9.78. The van der Waals surface area contributed by atoms with Gasteiger partial charge in [0.05, 0.1) is 6.10 Å². The number of ether oxygens (including phenoxy) is 1. The lowest BCUT2D eigenvalue weighted by molar-refractivity contribution is -0.140. The van der Waals surface area contributed by atoms with Crippen molar-refractivity contribution < 1.29 is 23.8 Å². The van der Waals surface area contributed by atoms with E-state index in [9.17, 15) is 19.1 Å². The molecule has 188 valence electrons. The fourth-order valence-corrected chi connectivity index (χ4v) is 5.02. The molecular weight excluding hydrogens is 449 g/mol. The van der Waals surface area contributed by atoms with Crippen LogP contribution in [0.25, 0.3) is 0 Å². The van der Waals surface area contributed by atoms with Crippen molar-refractivity contribution in [3.8, 4) is 0 Å². The van der Waals surface area contributed by atoms with Gasteiger partial charge in [-0.1, -0.05) is 6.07 Å². The van der Waals surface area contributed by atoms with Crippen molar-refractivity contribution in [1.29, 1.82) is 0 Å². The topological polar surface area (TPSA) is 101 Å². The first kappa shape index (κ1) is 25.1. The Bertz CT molecular complexity index is 1060. The summed E-state index contributed by atoms with van der Waals surface area (Å²) in [5.41, 5.74) is 3.68. The van der Waals surface area contributed by atoms with Crippen molar-refractivity contribution in [3.63, 3.8) is 0 Å². The van der Waals surface area contributed by atoms with Gasteiger partial charge in [0.1, 0.15) is 17.7 Å². The summed E-state index contributed by atoms with van der Waals surface area (Å²) < 4.78 is 19.4. The number of pyridine rings is 1. The number of nitrogens with zero attached hydrogens (tertiary/aromatic N) is 1. The number of aliphatic carboxylic acids is 1. The Balaban J connectivity index is 1.18. The number of hydrogen-bond acceptors (Lipinski definition) is 5. The van der Waals surface area contributed by atoms with Gasteiger partial charge in [0.15, 0.2) is 0 Å². The number of carbonyl (C=O) groups is 2. The van der Waals surface area contributed by atoms with Gasteiger partial charge in [-0.25, -0.2) is 14.2 Å². The lowest BCUT2D eigenvalue weighted by Crippen LogP contribution is -2.42. The van der Waals surface area contributed by atoms with Gasteiger partial charge in [0, 0.05) is 30.8 Å². The Kier molecular flexibility index (Phi) is 8.00. The summed E-state index contributed by atoms with van der Waals surface area (Å²) in [4.78, 5) is 29.1. The predicted molar refractivity (Wildman–Crippen MR) is 131 cm³/mol. The Morgan fingerprint density at radius 1 is 1.26 bits per heavy atom. The van der Waals surface area contributed by atoms with E-state index in [2.05, 4.69) is 22.8 Å². The molecule has 4 rings (SSSR count). The Morgan fingerprint density at radius 3 is 2.71 bits per heavy atom. The van der Waals surface area contributed by atoms with Crippen molar-refractivity contribution in [3.05, 3.63) is 58.0 Å². The third-order valence-electron chi connectivity index (χ3n) is 7.04. The van der Waals surface area contributed by atoms with Crippen molar-refractivity contribution in [2.45, 2.75) is 70.9 Å². The number of hydrogen-bond donors (Lipinski definition) is 3. The van der Waals surface area contributed by atoms with E-state index in [1.165, 1.54) is 17.7 Å². The third kappa shape index (κ3) is 6.36. The monoisotopic (exact) mass is 483 g/mol. The van der Waals surface area contributed by atoms with E-state index in [4.69, 9.17) is 9.72 Å². The first-order valence-electron chi connectivity index (χ1n) is 12.4. The average Bonchev–Trinajstić information content (AvgIpc) is 2.78. The number of rotatable bonds is 10. The molecule has 1 atom stereocenters. The molecule has 1 aliphatic carbocycles. The van der Waals surface area contributed by atoms with Gasteiger partial charge in [-0.15, -0.1) is 0 Å². The minimum atomic E-state index is -1.11. The lowest BCUT2D eigenvalue weighted by Gasteiger charge is -2.35. The Morgan fingerprint density at radius 2 is 2.00 bits per heavy atom. The first-order valence-corrected chi connectivity index (χ1v) is 12.4. The van der Waals surface area contributed by atoms with Crippen molar-refractivity contribution in [2.75, 3.05) is 18.5 Å². The summed E-state index contributed by atoms with van der Waals surface area (Å²) in [7, 11) is 0. The predicted octanol–water partition coefficient (Wildman–Crippen LogP) is 4.20. The molecule has 1 unspecified atom stereocenters. The van der Waals surface area contributed by atoms with Gasteiger partial charge >= 0.3 is 5.97 Å². The summed E-state index contributed by atoms with van der Waals surface area (Å²) in [6, 6.07) is 5.80. The highest BCUT2D eigenvalue weighted by molar-refractivity contribution is 5.99. The molecule has 0 saturated heterocycles. The maximum absolute atomic E-state index is 13.5. The number of halogens is 1. The van der Waals surface area contributed by atoms with Gasteiger partial charge in [-0.3, -0.25) is 4.79 Å². The smallest absolute Gasteiger partial charge is 0.326 e. The van der Waals surface area contributed by atoms with E-state index >= 15 is 0 Å². The fourth-order valence-electron chi connectivity index (χ4n) is 5.02. The molecule has 2 heterocycles. The molecule has 2 aliphatic rings. The summed E-state index contributed by atoms with van der Waals surface area (Å²) in [5.74, 6) is -0.423. The standard InChI is InChI=1S/C27H34FN3O4/c1-16-12-20(28)13-17(2)24(16)26(32)31-23(27(33)34)9-11-35-22-14-18(15-22)5-7-21-8-6-19-4-3-10-29-25(19)30-21/h6,8,12-13,18,22-23H,3-5,7,9-11,14-15H2,1-2H3,(H,29,30)(H,31,32)(H,33,34). The molecule has 1 amide bonds. The second-order valence-corrected chi connectivity index (χ2v) is 9.78. The molecule has 0 bridgehead atoms. The zero-order valence-corrected chi connectivity index (χ0v) is 20.4. The van der Waals surface area contributed by atoms with Crippen LogP contribution in [0.15, 0.2) is 24.3 Å². The normalized spacial score (nSPS) is 19.7. The molecule has 35 heavy (non-hydrogen) atoms. The van der Waals surface area contributed by atoms with E-state index in [0.29, 0.717) is 22.6 Å². The van der Waals surface area contributed by atoms with Crippen LogP contribution < -0.4 is 10.6 Å². The van der Waals surface area contributed by atoms with Crippen LogP contribution in [0.2, 0.25) is 0 Å². The molecule has 0 radical (unpaired) electrons. The van der Waals surface area contributed by atoms with Crippen LogP contribution in [-0.4, -0.2) is 47.3 Å². The molecule has 0 spiro atoms. The number of aromatic nitrogens is 1. The maximum atomic E-state index is 13.5. The zero-order chi connectivity index (χ0) is 24.9. The molecule has 1 aliphatic heterocycles. The number of benzene rings is 1. The Hall–Kier alpha value is -3.00. The summed E-state index contributed by atoms with van der Waals surface area (Å²) in [6.07, 6.45) is 6.48. The number of carboxylic acids is 1. The number of aryl methyl sites for hydroxylation is 4. The number of nitrogens with one attached hydrogen (secondary N) is 2. The summed E-state index contributed by atoms with van der Waals surface area (Å²) in [5, 5.41) is 15.5. The van der Waals surface area contributed by atoms with Crippen LogP contribution in [0, 0.1) is 25.6 Å². The minimum absolute atomic E-state index is 0.130. The highest BCUT2D eigenvalue weighted by atomic mass is 19.1. The SMILES string of the molecule is Cc1cc(F)cc(C)c1C(=O)NC(CCOC1CC(CCc2ccc3c(n2)NCCC3)C1)C(=O)O. The van der Waals surface area contributed by atoms with Crippen molar-refractivity contribution in [1.82, 2.24) is 10.3 Å². The fraction of sp³-hybridized carbons (Fsp3) is 0.519. The van der Waals surface area contributed by atoms with Crippen molar-refractivity contribution >= 4 is 17.7 Å². The highest BCUT2D eigenvalue weighted by Gasteiger charge is 2.30. The van der Waals surface area contributed by atoms with E-state index in [0.717, 1.165) is 56.6 Å². The van der Waals surface area contributed by atoms with Crippen LogP contribution >= 0.6 is 0 Å². The quantitative estimate of drug-likeness (QED) is 0.468. The molecule has 7 nitrogen and oxygen atoms in total. The number of fused-ring (bicyclic) bond motifs is 1. The minimum Gasteiger partial charge on any atom is -0.480 e. The van der Waals surface area contributed by atoms with Crippen molar-refractivity contribution in [2.24, 2.45) is 5.92 Å². The molecular formula is C27H34FN3O4. The lowest BCUT2D eigenvalue weighted by atomic mass is 9.79. The van der Waals surface area contributed by atoms with Crippen LogP contribution in [-0.2, 0) is 22.4 Å². The van der Waals surface area contributed by atoms with Gasteiger partial charge in [-0.05, 0) is 93.2 Å².